The van der Waals surface area contributed by atoms with Gasteiger partial charge in [-0.15, -0.1) is 0 Å². The minimum Gasteiger partial charge on any atom is -0.356 e. The minimum atomic E-state index is 0.526. The highest BCUT2D eigenvalue weighted by atomic mass is 15.2. The molecule has 1 aromatic carbocycles. The second-order valence-electron chi connectivity index (χ2n) is 4.73. The van der Waals surface area contributed by atoms with Crippen molar-refractivity contribution in [1.29, 1.82) is 0 Å². The van der Waals surface area contributed by atoms with Gasteiger partial charge in [0.05, 0.1) is 11.4 Å². The number of nitrogens with two attached hydrogens (primary N) is 1. The van der Waals surface area contributed by atoms with E-state index in [1.54, 1.807) is 0 Å². The molecule has 0 saturated carbocycles. The summed E-state index contributed by atoms with van der Waals surface area (Å²) in [7, 11) is 0. The number of nitrogens with one attached hydrogen (secondary N) is 1. The lowest BCUT2D eigenvalue weighted by Gasteiger charge is -2.17. The van der Waals surface area contributed by atoms with E-state index < -0.39 is 0 Å². The Kier molecular flexibility index (Phi) is 2.80. The van der Waals surface area contributed by atoms with Crippen LogP contribution in [-0.2, 0) is 13.1 Å². The Morgan fingerprint density at radius 2 is 2.11 bits per heavy atom. The molecule has 1 aromatic heterocycles. The zero-order valence-electron chi connectivity index (χ0n) is 10.6. The molecule has 0 atom stereocenters. The first-order valence-electron chi connectivity index (χ1n) is 6.40. The Balaban J connectivity index is 2.11. The Bertz CT molecular complexity index is 554. The zero-order chi connectivity index (χ0) is 12.5. The fourth-order valence-electron chi connectivity index (χ4n) is 2.45. The van der Waals surface area contributed by atoms with Crippen LogP contribution in [0.2, 0.25) is 0 Å². The number of aromatic nitrogens is 2. The van der Waals surface area contributed by atoms with Crippen LogP contribution in [0.4, 0.5) is 5.95 Å². The van der Waals surface area contributed by atoms with Crippen molar-refractivity contribution in [1.82, 2.24) is 9.55 Å². The number of benzene rings is 1. The second-order valence-corrected chi connectivity index (χ2v) is 4.73. The van der Waals surface area contributed by atoms with E-state index in [1.165, 1.54) is 5.56 Å². The van der Waals surface area contributed by atoms with E-state index in [0.717, 1.165) is 42.4 Å². The topological polar surface area (TPSA) is 55.9 Å². The summed E-state index contributed by atoms with van der Waals surface area (Å²) >= 11 is 0. The largest absolute Gasteiger partial charge is 0.356 e. The van der Waals surface area contributed by atoms with E-state index in [1.807, 2.05) is 0 Å². The maximum absolute atomic E-state index is 5.90. The maximum Gasteiger partial charge on any atom is 0.203 e. The Hall–Kier alpha value is -1.81. The summed E-state index contributed by atoms with van der Waals surface area (Å²) in [6.45, 7) is 4.62. The average Bonchev–Trinajstić information content (AvgIpc) is 2.78. The van der Waals surface area contributed by atoms with Crippen LogP contribution < -0.4 is 11.1 Å². The van der Waals surface area contributed by atoms with Gasteiger partial charge in [-0.3, -0.25) is 0 Å². The van der Waals surface area contributed by atoms with Gasteiger partial charge < -0.3 is 15.6 Å². The van der Waals surface area contributed by atoms with E-state index >= 15 is 0 Å². The lowest BCUT2D eigenvalue weighted by Crippen LogP contribution is -2.19. The third kappa shape index (κ3) is 1.78. The van der Waals surface area contributed by atoms with Crippen LogP contribution in [-0.4, -0.2) is 16.1 Å². The number of anilines is 1. The lowest BCUT2D eigenvalue weighted by atomic mass is 10.1. The summed E-state index contributed by atoms with van der Waals surface area (Å²) in [6, 6.07) is 8.45. The summed E-state index contributed by atoms with van der Waals surface area (Å²) in [4.78, 5) is 4.69. The molecule has 0 saturated heterocycles. The Morgan fingerprint density at radius 3 is 2.83 bits per heavy atom. The molecule has 3 rings (SSSR count). The van der Waals surface area contributed by atoms with Gasteiger partial charge in [-0.25, -0.2) is 4.98 Å². The van der Waals surface area contributed by atoms with Gasteiger partial charge in [0.2, 0.25) is 5.95 Å². The summed E-state index contributed by atoms with van der Waals surface area (Å²) in [5, 5.41) is 3.34. The van der Waals surface area contributed by atoms with E-state index in [0.29, 0.717) is 6.54 Å². The molecule has 0 aliphatic carbocycles. The monoisotopic (exact) mass is 242 g/mol. The van der Waals surface area contributed by atoms with E-state index in [-0.39, 0.29) is 0 Å². The van der Waals surface area contributed by atoms with Gasteiger partial charge in [-0.05, 0) is 13.3 Å². The summed E-state index contributed by atoms with van der Waals surface area (Å²) in [5.41, 5.74) is 10.4. The predicted octanol–water partition coefficient (Wildman–Crippen LogP) is 2.13. The molecule has 0 unspecified atom stereocenters. The quantitative estimate of drug-likeness (QED) is 0.848. The summed E-state index contributed by atoms with van der Waals surface area (Å²) in [6.07, 6.45) is 1.13. The first-order chi connectivity index (χ1) is 8.79. The third-order valence-corrected chi connectivity index (χ3v) is 3.43. The van der Waals surface area contributed by atoms with Crippen LogP contribution in [0.1, 0.15) is 17.7 Å². The molecule has 1 aliphatic heterocycles. The molecule has 18 heavy (non-hydrogen) atoms. The first-order valence-corrected chi connectivity index (χ1v) is 6.40. The number of imidazole rings is 1. The number of fused-ring (bicyclic) bond motifs is 1. The number of hydrogen-bond donors (Lipinski definition) is 2. The molecular formula is C14H18N4. The molecule has 0 spiro atoms. The van der Waals surface area contributed by atoms with Gasteiger partial charge >= 0.3 is 0 Å². The van der Waals surface area contributed by atoms with Crippen molar-refractivity contribution in [2.24, 2.45) is 5.73 Å². The minimum absolute atomic E-state index is 0.526. The van der Waals surface area contributed by atoms with Gasteiger partial charge in [0.1, 0.15) is 0 Å². The van der Waals surface area contributed by atoms with Crippen molar-refractivity contribution in [3.63, 3.8) is 0 Å². The normalized spacial score (nSPS) is 14.1. The van der Waals surface area contributed by atoms with E-state index in [2.05, 4.69) is 41.1 Å². The molecule has 0 amide bonds. The molecule has 4 nitrogen and oxygen atoms in total. The average molecular weight is 242 g/mol. The fourth-order valence-corrected chi connectivity index (χ4v) is 2.45. The van der Waals surface area contributed by atoms with Crippen molar-refractivity contribution < 1.29 is 0 Å². The Morgan fingerprint density at radius 1 is 1.33 bits per heavy atom. The molecule has 1 aliphatic rings. The van der Waals surface area contributed by atoms with Gasteiger partial charge in [0, 0.05) is 25.2 Å². The number of aryl methyl sites for hydroxylation is 1. The molecule has 3 N–H and O–H groups in total. The molecule has 2 heterocycles. The predicted molar refractivity (Wildman–Crippen MR) is 73.4 cm³/mol. The molecule has 4 heteroatoms. The molecule has 0 radical (unpaired) electrons. The standard InChI is InChI=1S/C14H18N4/c1-10-3-5-11(6-4-10)13-12(9-15)18-8-2-7-16-14(18)17-13/h3-6H,2,7-9,15H2,1H3,(H,16,17). The van der Waals surface area contributed by atoms with Gasteiger partial charge in [-0.1, -0.05) is 29.8 Å². The van der Waals surface area contributed by atoms with Crippen molar-refractivity contribution in [2.45, 2.75) is 26.4 Å². The molecule has 0 bridgehead atoms. The van der Waals surface area contributed by atoms with E-state index in [4.69, 9.17) is 10.7 Å². The zero-order valence-corrected chi connectivity index (χ0v) is 10.6. The van der Waals surface area contributed by atoms with Crippen molar-refractivity contribution in [3.05, 3.63) is 35.5 Å². The smallest absolute Gasteiger partial charge is 0.203 e. The highest BCUT2D eigenvalue weighted by Crippen LogP contribution is 2.28. The van der Waals surface area contributed by atoms with Crippen molar-refractivity contribution >= 4 is 5.95 Å². The number of hydrogen-bond acceptors (Lipinski definition) is 3. The fraction of sp³-hybridized carbons (Fsp3) is 0.357. The van der Waals surface area contributed by atoms with Crippen LogP contribution in [0.25, 0.3) is 11.3 Å². The highest BCUT2D eigenvalue weighted by Gasteiger charge is 2.19. The van der Waals surface area contributed by atoms with Crippen molar-refractivity contribution in [3.8, 4) is 11.3 Å². The Labute approximate surface area is 107 Å². The highest BCUT2D eigenvalue weighted by molar-refractivity contribution is 5.65. The first kappa shape index (κ1) is 11.3. The van der Waals surface area contributed by atoms with Gasteiger partial charge in [0.15, 0.2) is 0 Å². The SMILES string of the molecule is Cc1ccc(-c2nc3n(c2CN)CCCN3)cc1. The van der Waals surface area contributed by atoms with Crippen LogP contribution in [0.5, 0.6) is 0 Å². The van der Waals surface area contributed by atoms with Gasteiger partial charge in [0.25, 0.3) is 0 Å². The van der Waals surface area contributed by atoms with Crippen LogP contribution >= 0.6 is 0 Å². The lowest BCUT2D eigenvalue weighted by molar-refractivity contribution is 0.604. The van der Waals surface area contributed by atoms with Gasteiger partial charge in [-0.2, -0.15) is 0 Å². The van der Waals surface area contributed by atoms with Crippen LogP contribution in [0.15, 0.2) is 24.3 Å². The summed E-state index contributed by atoms with van der Waals surface area (Å²) < 4.78 is 2.21. The summed E-state index contributed by atoms with van der Waals surface area (Å²) in [5.74, 6) is 0.956. The molecule has 0 fully saturated rings. The molecular weight excluding hydrogens is 224 g/mol. The van der Waals surface area contributed by atoms with Crippen LogP contribution in [0, 0.1) is 6.92 Å². The maximum atomic E-state index is 5.90. The van der Waals surface area contributed by atoms with Crippen LogP contribution in [0.3, 0.4) is 0 Å². The second kappa shape index (κ2) is 4.46. The number of rotatable bonds is 2. The van der Waals surface area contributed by atoms with E-state index in [9.17, 15) is 0 Å². The third-order valence-electron chi connectivity index (χ3n) is 3.43. The van der Waals surface area contributed by atoms with Crippen molar-refractivity contribution in [2.75, 3.05) is 11.9 Å². The molecule has 2 aromatic rings. The molecule has 94 valence electrons. The number of nitrogens with zero attached hydrogens (tertiary/aromatic N) is 2.